The van der Waals surface area contributed by atoms with Crippen molar-refractivity contribution < 1.29 is 27.1 Å². The molecule has 0 bridgehead atoms. The van der Waals surface area contributed by atoms with Gasteiger partial charge in [-0.25, -0.2) is 17.6 Å². The fourth-order valence-electron chi connectivity index (χ4n) is 5.61. The molecule has 3 saturated heterocycles. The Kier molecular flexibility index (Phi) is 5.58. The second-order valence-electron chi connectivity index (χ2n) is 9.18. The molecule has 174 valence electrons. The Morgan fingerprint density at radius 1 is 1.16 bits per heavy atom. The number of urea groups is 1. The number of amides is 3. The molecule has 4 aliphatic rings. The summed E-state index contributed by atoms with van der Waals surface area (Å²) >= 11 is 6.01. The number of morpholine rings is 1. The summed E-state index contributed by atoms with van der Waals surface area (Å²) < 4.78 is 45.0. The van der Waals surface area contributed by atoms with Crippen LogP contribution in [0.15, 0.2) is 23.1 Å². The monoisotopic (exact) mass is 485 g/mol. The van der Waals surface area contributed by atoms with Crippen molar-refractivity contribution in [1.82, 2.24) is 15.1 Å². The summed E-state index contributed by atoms with van der Waals surface area (Å²) in [6.07, 6.45) is 1.54. The number of rotatable bonds is 2. The van der Waals surface area contributed by atoms with E-state index >= 15 is 0 Å². The number of halogens is 2. The van der Waals surface area contributed by atoms with Crippen LogP contribution < -0.4 is 5.32 Å². The molecule has 3 aliphatic heterocycles. The lowest BCUT2D eigenvalue weighted by atomic mass is 10.0. The molecular formula is C21H25ClFN3O5S. The molecule has 32 heavy (non-hydrogen) atoms. The van der Waals surface area contributed by atoms with Gasteiger partial charge in [-0.15, -0.1) is 0 Å². The highest BCUT2D eigenvalue weighted by molar-refractivity contribution is 7.92. The number of hydrogen-bond donors (Lipinski definition) is 1. The number of sulfone groups is 1. The van der Waals surface area contributed by atoms with Crippen LogP contribution in [0.4, 0.5) is 9.18 Å². The highest BCUT2D eigenvalue weighted by Crippen LogP contribution is 2.43. The Morgan fingerprint density at radius 2 is 1.88 bits per heavy atom. The number of nitrogens with one attached hydrogen (secondary N) is 1. The Morgan fingerprint density at radius 3 is 2.56 bits per heavy atom. The zero-order valence-electron chi connectivity index (χ0n) is 17.4. The Bertz CT molecular complexity index is 1040. The number of benzene rings is 1. The maximum Gasteiger partial charge on any atom is 0.320 e. The number of piperidine rings is 1. The van der Waals surface area contributed by atoms with Gasteiger partial charge in [-0.2, -0.15) is 0 Å². The van der Waals surface area contributed by atoms with E-state index in [9.17, 15) is 22.4 Å². The summed E-state index contributed by atoms with van der Waals surface area (Å²) in [4.78, 5) is 28.2. The zero-order valence-corrected chi connectivity index (χ0v) is 18.9. The van der Waals surface area contributed by atoms with Crippen LogP contribution in [-0.4, -0.2) is 80.3 Å². The molecule has 0 aromatic heterocycles. The molecule has 0 radical (unpaired) electrons. The van der Waals surface area contributed by atoms with Crippen molar-refractivity contribution >= 4 is 33.4 Å². The predicted molar refractivity (Wildman–Crippen MR) is 113 cm³/mol. The Balaban J connectivity index is 1.21. The second kappa shape index (κ2) is 8.14. The number of ether oxygens (including phenoxy) is 1. The fourth-order valence-corrected chi connectivity index (χ4v) is 8.05. The molecular weight excluding hydrogens is 461 g/mol. The van der Waals surface area contributed by atoms with Crippen LogP contribution in [-0.2, 0) is 19.4 Å². The SMILES string of the molecule is O=C1CO[C@H]2CCN(C(=O)N3CC4CC(S(=O)(=O)c5ccc(F)cc5Cl)CC4C3)C[C@H]2N1. The van der Waals surface area contributed by atoms with Crippen molar-refractivity contribution in [2.75, 3.05) is 32.8 Å². The summed E-state index contributed by atoms with van der Waals surface area (Å²) in [6, 6.07) is 3.10. The van der Waals surface area contributed by atoms with E-state index in [0.29, 0.717) is 45.4 Å². The molecule has 4 atom stereocenters. The molecule has 5 rings (SSSR count). The van der Waals surface area contributed by atoms with Gasteiger partial charge in [0.25, 0.3) is 0 Å². The molecule has 1 aromatic carbocycles. The molecule has 3 amide bonds. The van der Waals surface area contributed by atoms with Crippen LogP contribution in [0, 0.1) is 17.7 Å². The topological polar surface area (TPSA) is 96.0 Å². The first-order valence-electron chi connectivity index (χ1n) is 10.9. The number of fused-ring (bicyclic) bond motifs is 2. The van der Waals surface area contributed by atoms with E-state index in [1.165, 1.54) is 6.07 Å². The highest BCUT2D eigenvalue weighted by atomic mass is 35.5. The number of carbonyl (C=O) groups excluding carboxylic acids is 2. The van der Waals surface area contributed by atoms with E-state index in [2.05, 4.69) is 5.32 Å². The summed E-state index contributed by atoms with van der Waals surface area (Å²) in [5.41, 5.74) is 0. The van der Waals surface area contributed by atoms with E-state index in [1.807, 2.05) is 0 Å². The minimum absolute atomic E-state index is 0.0295. The third kappa shape index (κ3) is 3.86. The molecule has 0 spiro atoms. The molecule has 1 N–H and O–H groups in total. The van der Waals surface area contributed by atoms with E-state index in [4.69, 9.17) is 16.3 Å². The van der Waals surface area contributed by atoms with Gasteiger partial charge in [0.05, 0.1) is 27.3 Å². The van der Waals surface area contributed by atoms with Gasteiger partial charge in [0, 0.05) is 26.2 Å². The van der Waals surface area contributed by atoms with Crippen molar-refractivity contribution in [3.05, 3.63) is 29.0 Å². The minimum Gasteiger partial charge on any atom is -0.366 e. The number of carbonyl (C=O) groups is 2. The lowest BCUT2D eigenvalue weighted by Gasteiger charge is -2.42. The third-order valence-corrected chi connectivity index (χ3v) is 9.87. The maximum atomic E-state index is 13.3. The Hall–Kier alpha value is -1.91. The normalized spacial score (nSPS) is 32.4. The van der Waals surface area contributed by atoms with Crippen molar-refractivity contribution in [1.29, 1.82) is 0 Å². The lowest BCUT2D eigenvalue weighted by molar-refractivity contribution is -0.139. The smallest absolute Gasteiger partial charge is 0.320 e. The highest BCUT2D eigenvalue weighted by Gasteiger charge is 2.48. The van der Waals surface area contributed by atoms with Crippen LogP contribution in [0.2, 0.25) is 5.02 Å². The van der Waals surface area contributed by atoms with Crippen LogP contribution in [0.3, 0.4) is 0 Å². The first-order valence-corrected chi connectivity index (χ1v) is 12.8. The largest absolute Gasteiger partial charge is 0.366 e. The molecule has 4 fully saturated rings. The van der Waals surface area contributed by atoms with Gasteiger partial charge < -0.3 is 19.9 Å². The van der Waals surface area contributed by atoms with E-state index in [-0.39, 0.29) is 52.4 Å². The molecule has 1 aliphatic carbocycles. The average molecular weight is 486 g/mol. The second-order valence-corrected chi connectivity index (χ2v) is 11.8. The van der Waals surface area contributed by atoms with Gasteiger partial charge in [0.2, 0.25) is 5.91 Å². The first-order chi connectivity index (χ1) is 15.2. The quantitative estimate of drug-likeness (QED) is 0.643. The average Bonchev–Trinajstić information content (AvgIpc) is 3.32. The first kappa shape index (κ1) is 21.9. The molecule has 1 aromatic rings. The summed E-state index contributed by atoms with van der Waals surface area (Å²) in [5.74, 6) is -0.527. The van der Waals surface area contributed by atoms with E-state index in [1.54, 1.807) is 9.80 Å². The Labute approximate surface area is 190 Å². The van der Waals surface area contributed by atoms with Crippen LogP contribution in [0.1, 0.15) is 19.3 Å². The van der Waals surface area contributed by atoms with Gasteiger partial charge in [-0.05, 0) is 49.3 Å². The van der Waals surface area contributed by atoms with E-state index < -0.39 is 20.9 Å². The standard InChI is InChI=1S/C21H25ClFN3O5S/c22-16-7-14(23)1-2-19(16)32(29,30)15-5-12-8-26(9-13(12)6-15)21(28)25-4-3-18-17(10-25)24-20(27)11-31-18/h1-2,7,12-13,15,17-18H,3-6,8-11H2,(H,24,27)/t12?,13?,15?,17-,18+/m1/s1. The van der Waals surface area contributed by atoms with Crippen molar-refractivity contribution in [2.24, 2.45) is 11.8 Å². The molecule has 8 nitrogen and oxygen atoms in total. The summed E-state index contributed by atoms with van der Waals surface area (Å²) in [7, 11) is -3.67. The number of likely N-dealkylation sites (tertiary alicyclic amines) is 2. The van der Waals surface area contributed by atoms with Crippen molar-refractivity contribution in [3.63, 3.8) is 0 Å². The van der Waals surface area contributed by atoms with Crippen LogP contribution in [0.25, 0.3) is 0 Å². The van der Waals surface area contributed by atoms with Gasteiger partial charge in [-0.1, -0.05) is 11.6 Å². The molecule has 2 unspecified atom stereocenters. The summed E-state index contributed by atoms with van der Waals surface area (Å²) in [6.45, 7) is 2.08. The third-order valence-electron chi connectivity index (χ3n) is 7.21. The molecule has 3 heterocycles. The van der Waals surface area contributed by atoms with Gasteiger partial charge in [-0.3, -0.25) is 4.79 Å². The van der Waals surface area contributed by atoms with Crippen molar-refractivity contribution in [2.45, 2.75) is 41.6 Å². The van der Waals surface area contributed by atoms with Crippen molar-refractivity contribution in [3.8, 4) is 0 Å². The van der Waals surface area contributed by atoms with Gasteiger partial charge in [0.15, 0.2) is 9.84 Å². The molecule has 11 heteroatoms. The fraction of sp³-hybridized carbons (Fsp3) is 0.619. The van der Waals surface area contributed by atoms with E-state index in [0.717, 1.165) is 12.1 Å². The van der Waals surface area contributed by atoms with Gasteiger partial charge in [0.1, 0.15) is 12.4 Å². The zero-order chi connectivity index (χ0) is 22.6. The number of hydrogen-bond acceptors (Lipinski definition) is 5. The number of nitrogens with zero attached hydrogens (tertiary/aromatic N) is 2. The molecule has 1 saturated carbocycles. The van der Waals surface area contributed by atoms with Crippen LogP contribution >= 0.6 is 11.6 Å². The van der Waals surface area contributed by atoms with Gasteiger partial charge >= 0.3 is 6.03 Å². The van der Waals surface area contributed by atoms with Crippen LogP contribution in [0.5, 0.6) is 0 Å². The maximum absolute atomic E-state index is 13.3. The lowest BCUT2D eigenvalue weighted by Crippen LogP contribution is -2.62. The predicted octanol–water partition coefficient (Wildman–Crippen LogP) is 1.67. The minimum atomic E-state index is -3.67. The summed E-state index contributed by atoms with van der Waals surface area (Å²) in [5, 5.41) is 2.23.